The Morgan fingerprint density at radius 3 is 2.92 bits per heavy atom. The lowest BCUT2D eigenvalue weighted by Crippen LogP contribution is -2.14. The van der Waals surface area contributed by atoms with Crippen molar-refractivity contribution in [3.8, 4) is 6.07 Å². The molecule has 5 heteroatoms. The maximum absolute atomic E-state index is 12.6. The minimum Gasteiger partial charge on any atom is -0.365 e. The van der Waals surface area contributed by atoms with Gasteiger partial charge >= 0.3 is 0 Å². The third kappa shape index (κ3) is 1.37. The fourth-order valence-corrected chi connectivity index (χ4v) is 0.682. The molecule has 0 saturated carbocycles. The first-order chi connectivity index (χ1) is 5.65. The van der Waals surface area contributed by atoms with E-state index in [0.717, 1.165) is 12.3 Å². The molecule has 4 nitrogen and oxygen atoms in total. The maximum Gasteiger partial charge on any atom is 0.253 e. The highest BCUT2D eigenvalue weighted by Gasteiger charge is 2.09. The summed E-state index contributed by atoms with van der Waals surface area (Å²) in [6.07, 6.45) is 1.03. The number of amides is 1. The molecule has 60 valence electrons. The number of hydrogen-bond donors (Lipinski definition) is 1. The number of nitrogens with zero attached hydrogens (tertiary/aromatic N) is 2. The smallest absolute Gasteiger partial charge is 0.253 e. The summed E-state index contributed by atoms with van der Waals surface area (Å²) in [5.74, 6) is -1.89. The molecule has 0 aliphatic heterocycles. The monoisotopic (exact) mass is 165 g/mol. The van der Waals surface area contributed by atoms with Gasteiger partial charge < -0.3 is 5.73 Å². The first-order valence-electron chi connectivity index (χ1n) is 3.00. The van der Waals surface area contributed by atoms with E-state index in [4.69, 9.17) is 11.0 Å². The summed E-state index contributed by atoms with van der Waals surface area (Å²) >= 11 is 0. The second-order valence-corrected chi connectivity index (χ2v) is 2.04. The lowest BCUT2D eigenvalue weighted by atomic mass is 10.2. The van der Waals surface area contributed by atoms with Crippen molar-refractivity contribution in [2.24, 2.45) is 5.73 Å². The second kappa shape index (κ2) is 2.96. The van der Waals surface area contributed by atoms with Crippen molar-refractivity contribution in [1.82, 2.24) is 4.98 Å². The molecular formula is C7H4FN3O. The molecule has 1 rings (SSSR count). The average molecular weight is 165 g/mol. The summed E-state index contributed by atoms with van der Waals surface area (Å²) in [6, 6.07) is 2.77. The van der Waals surface area contributed by atoms with Crippen LogP contribution in [-0.2, 0) is 0 Å². The van der Waals surface area contributed by atoms with Gasteiger partial charge in [-0.25, -0.2) is 4.98 Å². The minimum absolute atomic E-state index is 0.102. The van der Waals surface area contributed by atoms with Gasteiger partial charge in [-0.2, -0.15) is 9.65 Å². The summed E-state index contributed by atoms with van der Waals surface area (Å²) in [6.45, 7) is 0. The molecule has 0 fully saturated rings. The second-order valence-electron chi connectivity index (χ2n) is 2.04. The summed E-state index contributed by atoms with van der Waals surface area (Å²) < 4.78 is 12.6. The fraction of sp³-hybridized carbons (Fsp3) is 0. The number of carbonyl (C=O) groups excluding carboxylic acids is 1. The van der Waals surface area contributed by atoms with Gasteiger partial charge in [-0.05, 0) is 6.07 Å². The standard InChI is InChI=1S/C7H4FN3O/c8-6-5(7(10)12)1-4(2-9)3-11-6/h1,3H,(H2,10,12). The largest absolute Gasteiger partial charge is 0.365 e. The number of aromatic nitrogens is 1. The van der Waals surface area contributed by atoms with E-state index < -0.39 is 11.9 Å². The Morgan fingerprint density at radius 1 is 1.75 bits per heavy atom. The Kier molecular flexibility index (Phi) is 2.01. The molecule has 1 amide bonds. The molecule has 0 spiro atoms. The van der Waals surface area contributed by atoms with Gasteiger partial charge in [0, 0.05) is 6.20 Å². The average Bonchev–Trinajstić information content (AvgIpc) is 2.05. The first-order valence-corrected chi connectivity index (χ1v) is 3.00. The van der Waals surface area contributed by atoms with Gasteiger partial charge in [0.15, 0.2) is 0 Å². The van der Waals surface area contributed by atoms with Crippen LogP contribution in [0, 0.1) is 17.3 Å². The van der Waals surface area contributed by atoms with E-state index in [1.807, 2.05) is 0 Å². The van der Waals surface area contributed by atoms with Gasteiger partial charge in [-0.3, -0.25) is 4.79 Å². The highest BCUT2D eigenvalue weighted by Crippen LogP contribution is 2.05. The van der Waals surface area contributed by atoms with E-state index in [0.29, 0.717) is 0 Å². The summed E-state index contributed by atoms with van der Waals surface area (Å²) in [4.78, 5) is 13.7. The van der Waals surface area contributed by atoms with Crippen LogP contribution in [0.25, 0.3) is 0 Å². The number of nitriles is 1. The normalized spacial score (nSPS) is 9.00. The van der Waals surface area contributed by atoms with Crippen molar-refractivity contribution >= 4 is 5.91 Å². The van der Waals surface area contributed by atoms with Gasteiger partial charge in [-0.15, -0.1) is 0 Å². The van der Waals surface area contributed by atoms with E-state index in [2.05, 4.69) is 4.98 Å². The molecule has 12 heavy (non-hydrogen) atoms. The fourth-order valence-electron chi connectivity index (χ4n) is 0.682. The number of rotatable bonds is 1. The Balaban J connectivity index is 3.28. The van der Waals surface area contributed by atoms with Crippen LogP contribution in [0.3, 0.4) is 0 Å². The summed E-state index contributed by atoms with van der Waals surface area (Å²) in [5.41, 5.74) is 4.55. The van der Waals surface area contributed by atoms with Crippen molar-refractivity contribution < 1.29 is 9.18 Å². The van der Waals surface area contributed by atoms with Crippen molar-refractivity contribution in [3.63, 3.8) is 0 Å². The third-order valence-electron chi connectivity index (χ3n) is 1.23. The van der Waals surface area contributed by atoms with Crippen molar-refractivity contribution in [1.29, 1.82) is 5.26 Å². The Bertz CT molecular complexity index is 369. The first kappa shape index (κ1) is 8.14. The molecule has 1 aromatic heterocycles. The highest BCUT2D eigenvalue weighted by atomic mass is 19.1. The van der Waals surface area contributed by atoms with E-state index in [1.54, 1.807) is 6.07 Å². The zero-order valence-corrected chi connectivity index (χ0v) is 5.91. The molecule has 0 saturated heterocycles. The predicted molar refractivity (Wildman–Crippen MR) is 37.4 cm³/mol. The number of carbonyl (C=O) groups is 1. The molecular weight excluding hydrogens is 161 g/mol. The van der Waals surface area contributed by atoms with Crippen LogP contribution in [0.4, 0.5) is 4.39 Å². The number of primary amides is 1. The van der Waals surface area contributed by atoms with Gasteiger partial charge in [0.1, 0.15) is 6.07 Å². The van der Waals surface area contributed by atoms with Crippen LogP contribution in [0.2, 0.25) is 0 Å². The number of pyridine rings is 1. The quantitative estimate of drug-likeness (QED) is 0.603. The van der Waals surface area contributed by atoms with E-state index in [-0.39, 0.29) is 11.1 Å². The molecule has 1 aromatic rings. The highest BCUT2D eigenvalue weighted by molar-refractivity contribution is 5.92. The Hall–Kier alpha value is -1.96. The zero-order valence-electron chi connectivity index (χ0n) is 5.91. The lowest BCUT2D eigenvalue weighted by molar-refractivity contribution is 0.0995. The van der Waals surface area contributed by atoms with Gasteiger partial charge in [0.2, 0.25) is 5.95 Å². The topological polar surface area (TPSA) is 79.8 Å². The SMILES string of the molecule is N#Cc1cnc(F)c(C(N)=O)c1. The van der Waals surface area contributed by atoms with Crippen molar-refractivity contribution in [2.75, 3.05) is 0 Å². The van der Waals surface area contributed by atoms with Crippen LogP contribution < -0.4 is 5.73 Å². The molecule has 0 aliphatic carbocycles. The third-order valence-corrected chi connectivity index (χ3v) is 1.23. The van der Waals surface area contributed by atoms with Crippen LogP contribution >= 0.6 is 0 Å². The number of halogens is 1. The minimum atomic E-state index is -0.957. The Morgan fingerprint density at radius 2 is 2.42 bits per heavy atom. The van der Waals surface area contributed by atoms with Crippen LogP contribution in [0.1, 0.15) is 15.9 Å². The van der Waals surface area contributed by atoms with E-state index in [1.165, 1.54) is 0 Å². The lowest BCUT2D eigenvalue weighted by Gasteiger charge is -1.95. The van der Waals surface area contributed by atoms with Crippen LogP contribution in [0.15, 0.2) is 12.3 Å². The zero-order chi connectivity index (χ0) is 9.14. The number of nitrogens with two attached hydrogens (primary N) is 1. The molecule has 0 bridgehead atoms. The van der Waals surface area contributed by atoms with Crippen molar-refractivity contribution in [2.45, 2.75) is 0 Å². The van der Waals surface area contributed by atoms with Gasteiger partial charge in [0.25, 0.3) is 5.91 Å². The molecule has 0 aliphatic rings. The molecule has 0 radical (unpaired) electrons. The predicted octanol–water partition coefficient (Wildman–Crippen LogP) is 0.191. The van der Waals surface area contributed by atoms with E-state index in [9.17, 15) is 9.18 Å². The van der Waals surface area contributed by atoms with Crippen LogP contribution in [-0.4, -0.2) is 10.9 Å². The Labute approximate surface area is 67.4 Å². The molecule has 1 heterocycles. The number of hydrogen-bond acceptors (Lipinski definition) is 3. The molecule has 2 N–H and O–H groups in total. The van der Waals surface area contributed by atoms with Crippen molar-refractivity contribution in [3.05, 3.63) is 29.3 Å². The van der Waals surface area contributed by atoms with E-state index >= 15 is 0 Å². The van der Waals surface area contributed by atoms with Gasteiger partial charge in [-0.1, -0.05) is 0 Å². The van der Waals surface area contributed by atoms with Crippen LogP contribution in [0.5, 0.6) is 0 Å². The summed E-state index contributed by atoms with van der Waals surface area (Å²) in [7, 11) is 0. The molecule has 0 atom stereocenters. The molecule has 0 unspecified atom stereocenters. The summed E-state index contributed by atoms with van der Waals surface area (Å²) in [5, 5.41) is 8.37. The van der Waals surface area contributed by atoms with Gasteiger partial charge in [0.05, 0.1) is 11.1 Å². The molecule has 0 aromatic carbocycles. The maximum atomic E-state index is 12.6.